The highest BCUT2D eigenvalue weighted by atomic mass is 19.3. The highest BCUT2D eigenvalue weighted by Gasteiger charge is 2.44. The van der Waals surface area contributed by atoms with Crippen LogP contribution in [-0.2, 0) is 17.6 Å². The fraction of sp³-hybridized carbons (Fsp3) is 0.600. The van der Waals surface area contributed by atoms with Crippen molar-refractivity contribution in [1.29, 1.82) is 0 Å². The minimum absolute atomic E-state index is 0.0412. The van der Waals surface area contributed by atoms with Gasteiger partial charge in [0.05, 0.1) is 6.61 Å². The molecule has 1 aliphatic carbocycles. The molecule has 0 radical (unpaired) electrons. The van der Waals surface area contributed by atoms with Crippen LogP contribution in [0.1, 0.15) is 62.4 Å². The Morgan fingerprint density at radius 1 is 1.24 bits per heavy atom. The Labute approximate surface area is 167 Å². The molecule has 156 valence electrons. The Bertz CT molecular complexity index is 870. The van der Waals surface area contributed by atoms with Gasteiger partial charge in [0.25, 0.3) is 5.92 Å². The van der Waals surface area contributed by atoms with Gasteiger partial charge in [0.2, 0.25) is 5.91 Å². The fourth-order valence-corrected chi connectivity index (χ4v) is 4.02. The number of amides is 1. The molecule has 1 fully saturated rings. The first-order valence-electron chi connectivity index (χ1n) is 10.2. The third-order valence-corrected chi connectivity index (χ3v) is 5.62. The highest BCUT2D eigenvalue weighted by molar-refractivity contribution is 5.93. The number of carbonyl (C=O) groups excluding carboxylic acids is 1. The third kappa shape index (κ3) is 4.54. The highest BCUT2D eigenvalue weighted by Crippen LogP contribution is 2.41. The van der Waals surface area contributed by atoms with Gasteiger partial charge < -0.3 is 10.1 Å². The number of ether oxygens (including phenoxy) is 1. The third-order valence-electron chi connectivity index (χ3n) is 5.62. The lowest BCUT2D eigenvalue weighted by molar-refractivity contribution is -0.116. The van der Waals surface area contributed by atoms with Gasteiger partial charge >= 0.3 is 0 Å². The van der Waals surface area contributed by atoms with Crippen molar-refractivity contribution in [3.63, 3.8) is 0 Å². The average molecular weight is 405 g/mol. The van der Waals surface area contributed by atoms with Gasteiger partial charge in [-0.05, 0) is 66.3 Å². The van der Waals surface area contributed by atoms with Crippen LogP contribution in [0, 0.1) is 0 Å². The van der Waals surface area contributed by atoms with Gasteiger partial charge in [-0.25, -0.2) is 13.5 Å². The van der Waals surface area contributed by atoms with E-state index in [1.165, 1.54) is 4.68 Å². The van der Waals surface area contributed by atoms with E-state index >= 15 is 0 Å². The van der Waals surface area contributed by atoms with Crippen LogP contribution in [0.3, 0.4) is 0 Å². The molecule has 0 bridgehead atoms. The number of fused-ring (bicyclic) bond motifs is 1. The number of hydrogen-bond acceptors (Lipinski definition) is 5. The maximum atomic E-state index is 14.2. The molecule has 29 heavy (non-hydrogen) atoms. The van der Waals surface area contributed by atoms with Gasteiger partial charge in [-0.2, -0.15) is 0 Å². The zero-order valence-electron chi connectivity index (χ0n) is 16.2. The average Bonchev–Trinajstić information content (AvgIpc) is 3.15. The Morgan fingerprint density at radius 3 is 3.00 bits per heavy atom. The standard InChI is InChI=1S/C20H25F2N5O2/c21-20(22)11-3-1-5-17(20)27-18(24-25-26-27)6-2-4-12-29-15-8-9-16-14(13-15)7-10-19(28)23-16/h8-9,13,17H,1-7,10-12H2,(H,23,28). The fourth-order valence-electron chi connectivity index (χ4n) is 4.02. The number of aromatic nitrogens is 4. The number of nitrogens with one attached hydrogen (secondary N) is 1. The molecule has 1 unspecified atom stereocenters. The molecule has 1 aromatic carbocycles. The van der Waals surface area contributed by atoms with E-state index in [4.69, 9.17) is 4.74 Å². The van der Waals surface area contributed by atoms with E-state index in [2.05, 4.69) is 20.8 Å². The number of hydrogen-bond donors (Lipinski definition) is 1. The predicted molar refractivity (Wildman–Crippen MR) is 102 cm³/mol. The number of alkyl halides is 2. The Kier molecular flexibility index (Phi) is 5.73. The van der Waals surface area contributed by atoms with E-state index in [-0.39, 0.29) is 12.3 Å². The number of anilines is 1. The lowest BCUT2D eigenvalue weighted by atomic mass is 9.91. The van der Waals surface area contributed by atoms with Crippen molar-refractivity contribution >= 4 is 11.6 Å². The van der Waals surface area contributed by atoms with Crippen molar-refractivity contribution in [2.24, 2.45) is 0 Å². The second-order valence-electron chi connectivity index (χ2n) is 7.73. The molecule has 4 rings (SSSR count). The number of benzene rings is 1. The van der Waals surface area contributed by atoms with Gasteiger partial charge in [-0.15, -0.1) is 5.10 Å². The number of rotatable bonds is 7. The summed E-state index contributed by atoms with van der Waals surface area (Å²) in [6.07, 6.45) is 4.89. The van der Waals surface area contributed by atoms with Crippen LogP contribution >= 0.6 is 0 Å². The first kappa shape index (κ1) is 19.7. The molecular weight excluding hydrogens is 380 g/mol. The van der Waals surface area contributed by atoms with Crippen LogP contribution in [0.25, 0.3) is 0 Å². The quantitative estimate of drug-likeness (QED) is 0.710. The number of unbranched alkanes of at least 4 members (excludes halogenated alkanes) is 1. The van der Waals surface area contributed by atoms with Crippen molar-refractivity contribution in [3.05, 3.63) is 29.6 Å². The van der Waals surface area contributed by atoms with Crippen LogP contribution in [-0.4, -0.2) is 38.6 Å². The number of tetrazole rings is 1. The molecule has 2 aliphatic rings. The molecule has 2 aromatic rings. The molecule has 1 atom stereocenters. The van der Waals surface area contributed by atoms with E-state index in [1.54, 1.807) is 0 Å². The summed E-state index contributed by atoms with van der Waals surface area (Å²) in [5.41, 5.74) is 1.93. The smallest absolute Gasteiger partial charge is 0.270 e. The van der Waals surface area contributed by atoms with Crippen LogP contribution in [0.2, 0.25) is 0 Å². The molecule has 0 spiro atoms. The summed E-state index contributed by atoms with van der Waals surface area (Å²) in [5, 5.41) is 14.3. The Balaban J connectivity index is 1.26. The van der Waals surface area contributed by atoms with Gasteiger partial charge in [0.15, 0.2) is 5.82 Å². The van der Waals surface area contributed by atoms with E-state index in [0.29, 0.717) is 44.5 Å². The van der Waals surface area contributed by atoms with Crippen LogP contribution in [0.15, 0.2) is 18.2 Å². The van der Waals surface area contributed by atoms with Gasteiger partial charge in [-0.3, -0.25) is 4.79 Å². The molecule has 1 aromatic heterocycles. The largest absolute Gasteiger partial charge is 0.494 e. The van der Waals surface area contributed by atoms with Crippen molar-refractivity contribution in [2.75, 3.05) is 11.9 Å². The maximum absolute atomic E-state index is 14.2. The van der Waals surface area contributed by atoms with Gasteiger partial charge in [0.1, 0.15) is 11.8 Å². The molecule has 1 amide bonds. The molecule has 1 saturated carbocycles. The molecule has 1 N–H and O–H groups in total. The number of carbonyl (C=O) groups is 1. The van der Waals surface area contributed by atoms with E-state index in [0.717, 1.165) is 36.3 Å². The summed E-state index contributed by atoms with van der Waals surface area (Å²) >= 11 is 0. The first-order valence-corrected chi connectivity index (χ1v) is 10.2. The zero-order chi connectivity index (χ0) is 20.3. The summed E-state index contributed by atoms with van der Waals surface area (Å²) in [6, 6.07) is 4.73. The zero-order valence-corrected chi connectivity index (χ0v) is 16.2. The van der Waals surface area contributed by atoms with Crippen LogP contribution in [0.4, 0.5) is 14.5 Å². The van der Waals surface area contributed by atoms with Crippen molar-refractivity contribution in [1.82, 2.24) is 20.2 Å². The predicted octanol–water partition coefficient (Wildman–Crippen LogP) is 3.71. The second-order valence-corrected chi connectivity index (χ2v) is 7.73. The van der Waals surface area contributed by atoms with E-state index in [9.17, 15) is 13.6 Å². The minimum atomic E-state index is -2.75. The minimum Gasteiger partial charge on any atom is -0.494 e. The van der Waals surface area contributed by atoms with Crippen molar-refractivity contribution in [3.8, 4) is 5.75 Å². The maximum Gasteiger partial charge on any atom is 0.270 e. The van der Waals surface area contributed by atoms with E-state index < -0.39 is 12.0 Å². The summed E-state index contributed by atoms with van der Waals surface area (Å²) in [5.74, 6) is -1.43. The Hall–Kier alpha value is -2.58. The normalized spacial score (nSPS) is 20.8. The summed E-state index contributed by atoms with van der Waals surface area (Å²) in [7, 11) is 0. The van der Waals surface area contributed by atoms with E-state index in [1.807, 2.05) is 18.2 Å². The first-order chi connectivity index (χ1) is 14.0. The summed E-state index contributed by atoms with van der Waals surface area (Å²) in [4.78, 5) is 11.4. The molecule has 7 nitrogen and oxygen atoms in total. The molecule has 2 heterocycles. The SMILES string of the molecule is O=C1CCc2cc(OCCCCc3nnnn3C3CCCCC3(F)F)ccc2N1. The van der Waals surface area contributed by atoms with Crippen LogP contribution in [0.5, 0.6) is 5.75 Å². The number of halogens is 2. The number of aryl methyl sites for hydroxylation is 2. The lowest BCUT2D eigenvalue weighted by Gasteiger charge is -2.31. The van der Waals surface area contributed by atoms with Gasteiger partial charge in [0, 0.05) is 24.9 Å². The van der Waals surface area contributed by atoms with Crippen LogP contribution < -0.4 is 10.1 Å². The monoisotopic (exact) mass is 405 g/mol. The molecular formula is C20H25F2N5O2. The molecule has 1 aliphatic heterocycles. The summed E-state index contributed by atoms with van der Waals surface area (Å²) in [6.45, 7) is 0.520. The van der Waals surface area contributed by atoms with Crippen molar-refractivity contribution in [2.45, 2.75) is 69.8 Å². The topological polar surface area (TPSA) is 81.9 Å². The molecule has 9 heteroatoms. The number of nitrogens with zero attached hydrogens (tertiary/aromatic N) is 4. The Morgan fingerprint density at radius 2 is 2.14 bits per heavy atom. The lowest BCUT2D eigenvalue weighted by Crippen LogP contribution is -2.35. The molecule has 0 saturated heterocycles. The summed E-state index contributed by atoms with van der Waals surface area (Å²) < 4.78 is 35.6. The second kappa shape index (κ2) is 8.42. The van der Waals surface area contributed by atoms with Gasteiger partial charge in [-0.1, -0.05) is 6.42 Å². The van der Waals surface area contributed by atoms with Crippen molar-refractivity contribution < 1.29 is 18.3 Å².